The van der Waals surface area contributed by atoms with Crippen LogP contribution in [-0.4, -0.2) is 17.4 Å². The minimum Gasteiger partial charge on any atom is -0.490 e. The molecule has 2 rings (SSSR count). The van der Waals surface area contributed by atoms with Crippen molar-refractivity contribution in [2.45, 2.75) is 19.8 Å². The molecule has 0 N–H and O–H groups in total. The number of rotatable bonds is 2. The van der Waals surface area contributed by atoms with E-state index in [2.05, 4.69) is 4.98 Å². The maximum Gasteiger partial charge on any atom is 0.227 e. The van der Waals surface area contributed by atoms with Crippen molar-refractivity contribution in [2.24, 2.45) is 0 Å². The molecule has 1 aliphatic rings. The summed E-state index contributed by atoms with van der Waals surface area (Å²) < 4.78 is 5.34. The molecule has 0 unspecified atom stereocenters. The van der Waals surface area contributed by atoms with Gasteiger partial charge >= 0.3 is 0 Å². The Morgan fingerprint density at radius 3 is 3.07 bits per heavy atom. The first-order valence-corrected chi connectivity index (χ1v) is 5.07. The number of ketones is 1. The van der Waals surface area contributed by atoms with E-state index in [1.54, 1.807) is 18.5 Å². The summed E-state index contributed by atoms with van der Waals surface area (Å²) in [6.07, 6.45) is 7.10. The lowest BCUT2D eigenvalue weighted by Crippen LogP contribution is -2.12. The average molecular weight is 203 g/mol. The first kappa shape index (κ1) is 9.90. The second kappa shape index (κ2) is 4.26. The van der Waals surface area contributed by atoms with Gasteiger partial charge in [-0.2, -0.15) is 0 Å². The fourth-order valence-electron chi connectivity index (χ4n) is 1.58. The number of nitrogens with zero attached hydrogens (tertiary/aromatic N) is 1. The van der Waals surface area contributed by atoms with Crippen LogP contribution in [0, 0.1) is 6.92 Å². The van der Waals surface area contributed by atoms with Crippen LogP contribution in [0.5, 0.6) is 0 Å². The van der Waals surface area contributed by atoms with Gasteiger partial charge in [-0.25, -0.2) is 0 Å². The summed E-state index contributed by atoms with van der Waals surface area (Å²) in [5.74, 6) is 0.449. The van der Waals surface area contributed by atoms with E-state index in [0.29, 0.717) is 17.9 Å². The van der Waals surface area contributed by atoms with Crippen LogP contribution in [0.3, 0.4) is 0 Å². The number of allylic oxidation sites excluding steroid dienone is 2. The van der Waals surface area contributed by atoms with Crippen LogP contribution in [0.1, 0.15) is 28.8 Å². The van der Waals surface area contributed by atoms with E-state index in [0.717, 1.165) is 18.4 Å². The lowest BCUT2D eigenvalue weighted by Gasteiger charge is -2.14. The highest BCUT2D eigenvalue weighted by molar-refractivity contribution is 6.08. The van der Waals surface area contributed by atoms with Crippen molar-refractivity contribution in [1.29, 1.82) is 0 Å². The van der Waals surface area contributed by atoms with E-state index in [9.17, 15) is 4.79 Å². The van der Waals surface area contributed by atoms with Crippen molar-refractivity contribution in [1.82, 2.24) is 4.98 Å². The Labute approximate surface area is 88.8 Å². The second-order valence-corrected chi connectivity index (χ2v) is 3.58. The number of ether oxygens (including phenoxy) is 1. The number of hydrogen-bond donors (Lipinski definition) is 0. The average Bonchev–Trinajstić information content (AvgIpc) is 2.30. The molecular weight excluding hydrogens is 190 g/mol. The summed E-state index contributed by atoms with van der Waals surface area (Å²) in [5.41, 5.74) is 1.57. The summed E-state index contributed by atoms with van der Waals surface area (Å²) in [6.45, 7) is 2.52. The van der Waals surface area contributed by atoms with Gasteiger partial charge in [-0.05, 0) is 37.5 Å². The lowest BCUT2D eigenvalue weighted by atomic mass is 10.0. The number of pyridine rings is 1. The predicted octanol–water partition coefficient (Wildman–Crippen LogP) is 2.27. The van der Waals surface area contributed by atoms with E-state index < -0.39 is 0 Å². The molecule has 0 atom stereocenters. The molecule has 15 heavy (non-hydrogen) atoms. The number of hydrogen-bond acceptors (Lipinski definition) is 3. The molecule has 0 saturated carbocycles. The molecule has 0 saturated heterocycles. The van der Waals surface area contributed by atoms with Crippen molar-refractivity contribution >= 4 is 5.78 Å². The van der Waals surface area contributed by atoms with Gasteiger partial charge in [0.15, 0.2) is 5.76 Å². The van der Waals surface area contributed by atoms with Crippen molar-refractivity contribution in [3.05, 3.63) is 41.4 Å². The van der Waals surface area contributed by atoms with Gasteiger partial charge in [-0.3, -0.25) is 9.78 Å². The van der Waals surface area contributed by atoms with Crippen LogP contribution in [0.25, 0.3) is 0 Å². The van der Waals surface area contributed by atoms with E-state index >= 15 is 0 Å². The summed E-state index contributed by atoms with van der Waals surface area (Å²) in [7, 11) is 0. The molecule has 1 aromatic rings. The van der Waals surface area contributed by atoms with Gasteiger partial charge in [0.2, 0.25) is 5.78 Å². The first-order chi connectivity index (χ1) is 7.29. The van der Waals surface area contributed by atoms with Crippen LogP contribution >= 0.6 is 0 Å². The Morgan fingerprint density at radius 1 is 1.53 bits per heavy atom. The third kappa shape index (κ3) is 2.06. The maximum atomic E-state index is 12.0. The molecule has 3 heteroatoms. The summed E-state index contributed by atoms with van der Waals surface area (Å²) in [6, 6.07) is 1.73. The van der Waals surface area contributed by atoms with Gasteiger partial charge < -0.3 is 4.74 Å². The topological polar surface area (TPSA) is 39.2 Å². The Kier molecular flexibility index (Phi) is 2.81. The van der Waals surface area contributed by atoms with Crippen LogP contribution in [-0.2, 0) is 4.74 Å². The molecule has 2 heterocycles. The van der Waals surface area contributed by atoms with Crippen LogP contribution in [0.4, 0.5) is 0 Å². The van der Waals surface area contributed by atoms with Crippen LogP contribution in [0.2, 0.25) is 0 Å². The molecule has 1 aromatic heterocycles. The number of aromatic nitrogens is 1. The number of Topliss-reactive ketones (excluding diaryl/α,β-unsaturated/α-hetero) is 1. The number of aryl methyl sites for hydroxylation is 1. The molecule has 0 spiro atoms. The highest BCUT2D eigenvalue weighted by Crippen LogP contribution is 2.17. The van der Waals surface area contributed by atoms with Crippen molar-refractivity contribution in [3.63, 3.8) is 0 Å². The number of carbonyl (C=O) groups excluding carboxylic acids is 1. The minimum atomic E-state index is -0.0328. The Balaban J connectivity index is 2.28. The minimum absolute atomic E-state index is 0.0328. The SMILES string of the molecule is Cc1cnccc1C(=O)C1=CCCCO1. The second-order valence-electron chi connectivity index (χ2n) is 3.58. The molecule has 0 radical (unpaired) electrons. The smallest absolute Gasteiger partial charge is 0.227 e. The molecule has 78 valence electrons. The fraction of sp³-hybridized carbons (Fsp3) is 0.333. The Bertz CT molecular complexity index is 410. The van der Waals surface area contributed by atoms with Gasteiger partial charge in [-0.15, -0.1) is 0 Å². The Hall–Kier alpha value is -1.64. The van der Waals surface area contributed by atoms with Crippen LogP contribution in [0.15, 0.2) is 30.3 Å². The number of carbonyl (C=O) groups is 1. The van der Waals surface area contributed by atoms with E-state index in [4.69, 9.17) is 4.74 Å². The molecule has 0 fully saturated rings. The van der Waals surface area contributed by atoms with Gasteiger partial charge in [-0.1, -0.05) is 0 Å². The highest BCUT2D eigenvalue weighted by Gasteiger charge is 2.17. The third-order valence-electron chi connectivity index (χ3n) is 2.42. The van der Waals surface area contributed by atoms with Crippen LogP contribution < -0.4 is 0 Å². The molecule has 0 amide bonds. The summed E-state index contributed by atoms with van der Waals surface area (Å²) >= 11 is 0. The molecular formula is C12H13NO2. The van der Waals surface area contributed by atoms with E-state index in [-0.39, 0.29) is 5.78 Å². The van der Waals surface area contributed by atoms with Crippen molar-refractivity contribution in [3.8, 4) is 0 Å². The van der Waals surface area contributed by atoms with E-state index in [1.807, 2.05) is 13.0 Å². The zero-order valence-corrected chi connectivity index (χ0v) is 8.69. The largest absolute Gasteiger partial charge is 0.490 e. The lowest BCUT2D eigenvalue weighted by molar-refractivity contribution is 0.0898. The first-order valence-electron chi connectivity index (χ1n) is 5.07. The summed E-state index contributed by atoms with van der Waals surface area (Å²) in [5, 5.41) is 0. The third-order valence-corrected chi connectivity index (χ3v) is 2.42. The zero-order chi connectivity index (χ0) is 10.7. The normalized spacial score (nSPS) is 15.4. The van der Waals surface area contributed by atoms with Gasteiger partial charge in [0.05, 0.1) is 6.61 Å². The highest BCUT2D eigenvalue weighted by atomic mass is 16.5. The summed E-state index contributed by atoms with van der Waals surface area (Å²) in [4.78, 5) is 16.0. The zero-order valence-electron chi connectivity index (χ0n) is 8.69. The standard InChI is InChI=1S/C12H13NO2/c1-9-8-13-6-5-10(9)12(14)11-4-2-3-7-15-11/h4-6,8H,2-3,7H2,1H3. The van der Waals surface area contributed by atoms with Crippen molar-refractivity contribution < 1.29 is 9.53 Å². The molecule has 1 aliphatic heterocycles. The maximum absolute atomic E-state index is 12.0. The van der Waals surface area contributed by atoms with E-state index in [1.165, 1.54) is 0 Å². The van der Waals surface area contributed by atoms with Gasteiger partial charge in [0.25, 0.3) is 0 Å². The molecule has 3 nitrogen and oxygen atoms in total. The molecule has 0 aromatic carbocycles. The van der Waals surface area contributed by atoms with Gasteiger partial charge in [0, 0.05) is 18.0 Å². The predicted molar refractivity (Wildman–Crippen MR) is 56.6 cm³/mol. The van der Waals surface area contributed by atoms with Crippen molar-refractivity contribution in [2.75, 3.05) is 6.61 Å². The monoisotopic (exact) mass is 203 g/mol. The quantitative estimate of drug-likeness (QED) is 0.692. The Morgan fingerprint density at radius 2 is 2.40 bits per heavy atom. The molecule has 0 aliphatic carbocycles. The van der Waals surface area contributed by atoms with Gasteiger partial charge in [0.1, 0.15) is 0 Å². The fourth-order valence-corrected chi connectivity index (χ4v) is 1.58. The molecule has 0 bridgehead atoms.